The molecule has 3 nitrogen and oxygen atoms in total. The third kappa shape index (κ3) is 1.58. The average molecular weight is 228 g/mol. The van der Waals surface area contributed by atoms with Crippen molar-refractivity contribution in [2.45, 2.75) is 6.42 Å². The van der Waals surface area contributed by atoms with Gasteiger partial charge in [0.1, 0.15) is 0 Å². The predicted molar refractivity (Wildman–Crippen MR) is 55.9 cm³/mol. The van der Waals surface area contributed by atoms with Crippen molar-refractivity contribution in [3.05, 3.63) is 34.6 Å². The van der Waals surface area contributed by atoms with E-state index in [0.717, 1.165) is 11.3 Å². The van der Waals surface area contributed by atoms with E-state index < -0.39 is 10.3 Å². The van der Waals surface area contributed by atoms with Crippen LogP contribution in [-0.4, -0.2) is 18.3 Å². The number of hydrogen-bond donors (Lipinski definition) is 0. The van der Waals surface area contributed by atoms with E-state index >= 15 is 0 Å². The van der Waals surface area contributed by atoms with Gasteiger partial charge in [-0.1, -0.05) is 11.6 Å². The summed E-state index contributed by atoms with van der Waals surface area (Å²) in [6.07, 6.45) is 5.14. The standard InChI is InChI=1S/C9H6ClNO2S/c10-8-3-4-11-9-2-1-6(14(12)13)5-7(8)9/h1-4H,5H2. The summed E-state index contributed by atoms with van der Waals surface area (Å²) in [5.41, 5.74) is 1.52. The predicted octanol–water partition coefficient (Wildman–Crippen LogP) is 1.36. The van der Waals surface area contributed by atoms with Gasteiger partial charge in [-0.05, 0) is 18.2 Å². The molecule has 1 aromatic heterocycles. The first-order valence-electron chi connectivity index (χ1n) is 3.95. The minimum Gasteiger partial charge on any atom is -0.256 e. The number of hydrogen-bond acceptors (Lipinski definition) is 3. The Labute approximate surface area is 87.6 Å². The third-order valence-electron chi connectivity index (χ3n) is 2.02. The molecule has 0 spiro atoms. The van der Waals surface area contributed by atoms with Crippen molar-refractivity contribution in [1.82, 2.24) is 4.98 Å². The SMILES string of the molecule is O=S(=O)=C1C=Cc2nccc(Cl)c2C1. The first kappa shape index (κ1) is 9.43. The lowest BCUT2D eigenvalue weighted by Gasteiger charge is -2.10. The van der Waals surface area contributed by atoms with Gasteiger partial charge in [0.05, 0.1) is 10.6 Å². The molecule has 0 atom stereocenters. The van der Waals surface area contributed by atoms with E-state index in [2.05, 4.69) is 4.98 Å². The molecule has 1 aliphatic carbocycles. The van der Waals surface area contributed by atoms with Crippen LogP contribution < -0.4 is 0 Å². The largest absolute Gasteiger partial charge is 0.256 e. The lowest BCUT2D eigenvalue weighted by molar-refractivity contribution is 0.627. The summed E-state index contributed by atoms with van der Waals surface area (Å²) in [5.74, 6) is 0. The van der Waals surface area contributed by atoms with Crippen LogP contribution in [0, 0.1) is 0 Å². The molecular weight excluding hydrogens is 222 g/mol. The normalized spacial score (nSPS) is 13.9. The molecule has 5 heteroatoms. The van der Waals surface area contributed by atoms with Crippen molar-refractivity contribution < 1.29 is 8.42 Å². The molecule has 0 aliphatic heterocycles. The highest BCUT2D eigenvalue weighted by Gasteiger charge is 2.13. The van der Waals surface area contributed by atoms with Crippen LogP contribution >= 0.6 is 11.6 Å². The highest BCUT2D eigenvalue weighted by Crippen LogP contribution is 2.23. The summed E-state index contributed by atoms with van der Waals surface area (Å²) in [4.78, 5) is 4.43. The van der Waals surface area contributed by atoms with Crippen LogP contribution in [0.4, 0.5) is 0 Å². The van der Waals surface area contributed by atoms with Crippen molar-refractivity contribution in [3.8, 4) is 0 Å². The van der Waals surface area contributed by atoms with Crippen LogP contribution in [0.5, 0.6) is 0 Å². The van der Waals surface area contributed by atoms with E-state index in [9.17, 15) is 8.42 Å². The molecule has 0 radical (unpaired) electrons. The van der Waals surface area contributed by atoms with Crippen molar-refractivity contribution in [2.75, 3.05) is 0 Å². The molecule has 0 aromatic carbocycles. The summed E-state index contributed by atoms with van der Waals surface area (Å²) >= 11 is 5.92. The smallest absolute Gasteiger partial charge is 0.217 e. The minimum absolute atomic E-state index is 0.328. The Balaban J connectivity index is 2.64. The summed E-state index contributed by atoms with van der Waals surface area (Å²) < 4.78 is 21.4. The van der Waals surface area contributed by atoms with Crippen LogP contribution in [0.15, 0.2) is 18.3 Å². The second kappa shape index (κ2) is 3.55. The molecule has 1 heterocycles. The molecule has 0 saturated heterocycles. The van der Waals surface area contributed by atoms with E-state index in [4.69, 9.17) is 11.6 Å². The molecule has 0 amide bonds. The number of halogens is 1. The van der Waals surface area contributed by atoms with E-state index in [1.807, 2.05) is 0 Å². The topological polar surface area (TPSA) is 47.0 Å². The fourth-order valence-corrected chi connectivity index (χ4v) is 1.98. The molecule has 0 N–H and O–H groups in total. The molecule has 0 saturated carbocycles. The van der Waals surface area contributed by atoms with Crippen molar-refractivity contribution in [3.63, 3.8) is 0 Å². The maximum absolute atomic E-state index is 10.7. The molecule has 0 bridgehead atoms. The highest BCUT2D eigenvalue weighted by atomic mass is 35.5. The summed E-state index contributed by atoms with van der Waals surface area (Å²) in [6.45, 7) is 0. The Bertz CT molecular complexity index is 538. The van der Waals surface area contributed by atoms with Crippen LogP contribution in [-0.2, 0) is 16.7 Å². The lowest BCUT2D eigenvalue weighted by atomic mass is 10.0. The molecule has 0 fully saturated rings. The Morgan fingerprint density at radius 1 is 1.36 bits per heavy atom. The first-order valence-corrected chi connectivity index (χ1v) is 5.40. The zero-order valence-corrected chi connectivity index (χ0v) is 8.64. The summed E-state index contributed by atoms with van der Waals surface area (Å²) in [5, 5.41) is 0.558. The first-order chi connectivity index (χ1) is 6.68. The van der Waals surface area contributed by atoms with Gasteiger partial charge in [0.15, 0.2) is 0 Å². The Morgan fingerprint density at radius 2 is 2.14 bits per heavy atom. The maximum Gasteiger partial charge on any atom is 0.217 e. The number of fused-ring (bicyclic) bond motifs is 1. The van der Waals surface area contributed by atoms with Gasteiger partial charge >= 0.3 is 0 Å². The van der Waals surface area contributed by atoms with Crippen molar-refractivity contribution in [1.29, 1.82) is 0 Å². The van der Waals surface area contributed by atoms with Gasteiger partial charge in [0.2, 0.25) is 10.3 Å². The summed E-state index contributed by atoms with van der Waals surface area (Å²) in [7, 11) is -2.17. The van der Waals surface area contributed by atoms with Crippen molar-refractivity contribution in [2.24, 2.45) is 0 Å². The zero-order chi connectivity index (χ0) is 10.1. The lowest BCUT2D eigenvalue weighted by Crippen LogP contribution is -2.08. The number of allylic oxidation sites excluding steroid dienone is 1. The second-order valence-electron chi connectivity index (χ2n) is 2.87. The Morgan fingerprint density at radius 3 is 2.86 bits per heavy atom. The van der Waals surface area contributed by atoms with Gasteiger partial charge < -0.3 is 0 Å². The molecule has 1 aromatic rings. The van der Waals surface area contributed by atoms with Gasteiger partial charge in [-0.25, -0.2) is 0 Å². The number of rotatable bonds is 0. The van der Waals surface area contributed by atoms with Gasteiger partial charge in [-0.2, -0.15) is 8.42 Å². The number of pyridine rings is 1. The molecule has 0 unspecified atom stereocenters. The fourth-order valence-electron chi connectivity index (χ4n) is 1.32. The average Bonchev–Trinajstić information content (AvgIpc) is 2.18. The zero-order valence-electron chi connectivity index (χ0n) is 7.07. The molecular formula is C9H6ClNO2S. The third-order valence-corrected chi connectivity index (χ3v) is 3.09. The van der Waals surface area contributed by atoms with E-state index in [1.165, 1.54) is 0 Å². The Hall–Kier alpha value is -1.13. The molecule has 72 valence electrons. The van der Waals surface area contributed by atoms with Gasteiger partial charge in [-0.15, -0.1) is 0 Å². The fraction of sp³-hybridized carbons (Fsp3) is 0.111. The number of aromatic nitrogens is 1. The van der Waals surface area contributed by atoms with E-state index in [1.54, 1.807) is 24.4 Å². The van der Waals surface area contributed by atoms with Crippen LogP contribution in [0.1, 0.15) is 11.3 Å². The quantitative estimate of drug-likeness (QED) is 0.629. The maximum atomic E-state index is 10.7. The molecule has 14 heavy (non-hydrogen) atoms. The Kier molecular flexibility index (Phi) is 2.39. The molecule has 1 aliphatic rings. The van der Waals surface area contributed by atoms with Crippen LogP contribution in [0.2, 0.25) is 5.02 Å². The minimum atomic E-state index is -2.17. The van der Waals surface area contributed by atoms with E-state index in [0.29, 0.717) is 16.3 Å². The second-order valence-corrected chi connectivity index (χ2v) is 4.27. The summed E-state index contributed by atoms with van der Waals surface area (Å²) in [6, 6.07) is 1.66. The van der Waals surface area contributed by atoms with Gasteiger partial charge in [0, 0.05) is 23.2 Å². The highest BCUT2D eigenvalue weighted by molar-refractivity contribution is 7.73. The number of nitrogens with zero attached hydrogens (tertiary/aromatic N) is 1. The van der Waals surface area contributed by atoms with Gasteiger partial charge in [0.25, 0.3) is 0 Å². The monoisotopic (exact) mass is 227 g/mol. The van der Waals surface area contributed by atoms with Gasteiger partial charge in [-0.3, -0.25) is 4.98 Å². The van der Waals surface area contributed by atoms with Crippen molar-refractivity contribution >= 4 is 32.8 Å². The van der Waals surface area contributed by atoms with Crippen LogP contribution in [0.25, 0.3) is 6.08 Å². The van der Waals surface area contributed by atoms with E-state index in [-0.39, 0.29) is 0 Å². The molecule has 2 rings (SSSR count). The van der Waals surface area contributed by atoms with Crippen LogP contribution in [0.3, 0.4) is 0 Å².